The quantitative estimate of drug-likeness (QED) is 0.688. The summed E-state index contributed by atoms with van der Waals surface area (Å²) >= 11 is 0. The van der Waals surface area contributed by atoms with Crippen LogP contribution in [-0.2, 0) is 4.74 Å². The van der Waals surface area contributed by atoms with Crippen LogP contribution in [0.1, 0.15) is 45.4 Å². The van der Waals surface area contributed by atoms with Crippen molar-refractivity contribution in [2.45, 2.75) is 57.7 Å². The highest BCUT2D eigenvalue weighted by Crippen LogP contribution is 2.27. The fourth-order valence-corrected chi connectivity index (χ4v) is 2.31. The first-order valence-electron chi connectivity index (χ1n) is 6.18. The first kappa shape index (κ1) is 12.9. The molecule has 0 saturated heterocycles. The first-order valence-corrected chi connectivity index (χ1v) is 6.18. The maximum absolute atomic E-state index is 9.87. The average molecular weight is 216 g/mol. The van der Waals surface area contributed by atoms with Gasteiger partial charge in [0.15, 0.2) is 0 Å². The van der Waals surface area contributed by atoms with E-state index in [2.05, 4.69) is 0 Å². The lowest BCUT2D eigenvalue weighted by Crippen LogP contribution is -2.26. The molecule has 15 heavy (non-hydrogen) atoms. The fourth-order valence-electron chi connectivity index (χ4n) is 2.31. The van der Waals surface area contributed by atoms with E-state index in [0.29, 0.717) is 19.6 Å². The van der Waals surface area contributed by atoms with E-state index in [1.54, 1.807) is 0 Å². The Labute approximate surface area is 92.4 Å². The first-order chi connectivity index (χ1) is 7.24. The minimum absolute atomic E-state index is 0.219. The number of hydrogen-bond acceptors (Lipinski definition) is 3. The average Bonchev–Trinajstić information content (AvgIpc) is 2.42. The van der Waals surface area contributed by atoms with E-state index in [1.165, 1.54) is 12.8 Å². The number of rotatable bonds is 5. The smallest absolute Gasteiger partial charge is 0.0777 e. The summed E-state index contributed by atoms with van der Waals surface area (Å²) in [5, 5.41) is 19.6. The van der Waals surface area contributed by atoms with Crippen molar-refractivity contribution in [3.05, 3.63) is 0 Å². The maximum Gasteiger partial charge on any atom is 0.0777 e. The van der Waals surface area contributed by atoms with Gasteiger partial charge in [-0.05, 0) is 32.1 Å². The van der Waals surface area contributed by atoms with E-state index in [9.17, 15) is 10.2 Å². The van der Waals surface area contributed by atoms with Crippen molar-refractivity contribution in [2.75, 3.05) is 13.2 Å². The van der Waals surface area contributed by atoms with Gasteiger partial charge in [0.1, 0.15) is 0 Å². The van der Waals surface area contributed by atoms with Crippen molar-refractivity contribution in [1.82, 2.24) is 0 Å². The van der Waals surface area contributed by atoms with Crippen LogP contribution in [0.3, 0.4) is 0 Å². The Kier molecular flexibility index (Phi) is 6.22. The zero-order valence-electron chi connectivity index (χ0n) is 9.69. The van der Waals surface area contributed by atoms with E-state index >= 15 is 0 Å². The second-order valence-corrected chi connectivity index (χ2v) is 4.51. The molecule has 0 aromatic carbocycles. The van der Waals surface area contributed by atoms with Crippen molar-refractivity contribution in [2.24, 2.45) is 5.92 Å². The van der Waals surface area contributed by atoms with Gasteiger partial charge in [-0.2, -0.15) is 0 Å². The van der Waals surface area contributed by atoms with Crippen molar-refractivity contribution >= 4 is 0 Å². The minimum atomic E-state index is -0.414. The van der Waals surface area contributed by atoms with E-state index in [1.807, 2.05) is 6.92 Å². The van der Waals surface area contributed by atoms with Gasteiger partial charge in [0.25, 0.3) is 0 Å². The molecule has 1 aliphatic rings. The van der Waals surface area contributed by atoms with Gasteiger partial charge in [0.05, 0.1) is 18.8 Å². The van der Waals surface area contributed by atoms with Gasteiger partial charge >= 0.3 is 0 Å². The summed E-state index contributed by atoms with van der Waals surface area (Å²) in [4.78, 5) is 0. The van der Waals surface area contributed by atoms with Gasteiger partial charge < -0.3 is 14.9 Å². The predicted octanol–water partition coefficient (Wildman–Crippen LogP) is 1.72. The summed E-state index contributed by atoms with van der Waals surface area (Å²) in [6.45, 7) is 2.97. The molecule has 0 bridgehead atoms. The molecule has 0 aliphatic heterocycles. The summed E-state index contributed by atoms with van der Waals surface area (Å²) in [6, 6.07) is 0. The van der Waals surface area contributed by atoms with Gasteiger partial charge in [-0.3, -0.25) is 0 Å². The SMILES string of the molecule is CCOCC(O)CC1CCCCCC1O. The van der Waals surface area contributed by atoms with Crippen LogP contribution in [-0.4, -0.2) is 35.6 Å². The van der Waals surface area contributed by atoms with Crippen LogP contribution in [0, 0.1) is 5.92 Å². The highest BCUT2D eigenvalue weighted by molar-refractivity contribution is 4.75. The van der Waals surface area contributed by atoms with E-state index < -0.39 is 6.10 Å². The molecule has 3 heteroatoms. The number of ether oxygens (including phenoxy) is 1. The third-order valence-electron chi connectivity index (χ3n) is 3.21. The van der Waals surface area contributed by atoms with E-state index in [0.717, 1.165) is 19.3 Å². The monoisotopic (exact) mass is 216 g/mol. The normalized spacial score (nSPS) is 29.8. The van der Waals surface area contributed by atoms with Crippen LogP contribution in [0.5, 0.6) is 0 Å². The molecule has 0 amide bonds. The Hall–Kier alpha value is -0.120. The maximum atomic E-state index is 9.87. The molecule has 90 valence electrons. The highest BCUT2D eigenvalue weighted by Gasteiger charge is 2.23. The van der Waals surface area contributed by atoms with Crippen molar-refractivity contribution < 1.29 is 14.9 Å². The van der Waals surface area contributed by atoms with Crippen LogP contribution < -0.4 is 0 Å². The predicted molar refractivity (Wildman–Crippen MR) is 59.7 cm³/mol. The van der Waals surface area contributed by atoms with Crippen molar-refractivity contribution in [1.29, 1.82) is 0 Å². The Morgan fingerprint density at radius 1 is 1.27 bits per heavy atom. The van der Waals surface area contributed by atoms with Crippen LogP contribution in [0.2, 0.25) is 0 Å². The van der Waals surface area contributed by atoms with E-state index in [-0.39, 0.29) is 12.0 Å². The zero-order chi connectivity index (χ0) is 11.1. The molecule has 0 aromatic rings. The second-order valence-electron chi connectivity index (χ2n) is 4.51. The molecular weight excluding hydrogens is 192 g/mol. The Balaban J connectivity index is 2.27. The summed E-state index contributed by atoms with van der Waals surface area (Å²) in [5.41, 5.74) is 0. The number of aliphatic hydroxyl groups excluding tert-OH is 2. The van der Waals surface area contributed by atoms with Crippen molar-refractivity contribution in [3.63, 3.8) is 0 Å². The molecule has 0 aromatic heterocycles. The lowest BCUT2D eigenvalue weighted by molar-refractivity contribution is 0.00670. The molecule has 2 N–H and O–H groups in total. The Bertz CT molecular complexity index is 161. The molecule has 3 unspecified atom stereocenters. The lowest BCUT2D eigenvalue weighted by atomic mass is 9.91. The molecular formula is C12H24O3. The second kappa shape index (κ2) is 7.20. The standard InChI is InChI=1S/C12H24O3/c1-2-15-9-11(13)8-10-6-4-3-5-7-12(10)14/h10-14H,2-9H2,1H3. The third kappa shape index (κ3) is 4.96. The van der Waals surface area contributed by atoms with E-state index in [4.69, 9.17) is 4.74 Å². The Morgan fingerprint density at radius 2 is 2.00 bits per heavy atom. The largest absolute Gasteiger partial charge is 0.393 e. The summed E-state index contributed by atoms with van der Waals surface area (Å²) in [7, 11) is 0. The summed E-state index contributed by atoms with van der Waals surface area (Å²) in [5.74, 6) is 0.267. The Morgan fingerprint density at radius 3 is 2.73 bits per heavy atom. The molecule has 3 atom stereocenters. The van der Waals surface area contributed by atoms with Gasteiger partial charge in [0.2, 0.25) is 0 Å². The third-order valence-corrected chi connectivity index (χ3v) is 3.21. The van der Waals surface area contributed by atoms with Crippen molar-refractivity contribution in [3.8, 4) is 0 Å². The highest BCUT2D eigenvalue weighted by atomic mass is 16.5. The van der Waals surface area contributed by atoms with Gasteiger partial charge in [-0.15, -0.1) is 0 Å². The molecule has 1 rings (SSSR count). The summed E-state index contributed by atoms with van der Waals surface area (Å²) < 4.78 is 5.17. The molecule has 3 nitrogen and oxygen atoms in total. The lowest BCUT2D eigenvalue weighted by Gasteiger charge is -2.22. The van der Waals surface area contributed by atoms with Crippen LogP contribution in [0.15, 0.2) is 0 Å². The topological polar surface area (TPSA) is 49.7 Å². The molecule has 0 spiro atoms. The molecule has 0 heterocycles. The van der Waals surface area contributed by atoms with Gasteiger partial charge in [-0.1, -0.05) is 19.3 Å². The minimum Gasteiger partial charge on any atom is -0.393 e. The van der Waals surface area contributed by atoms with Gasteiger partial charge in [0, 0.05) is 6.61 Å². The number of aliphatic hydroxyl groups is 2. The molecule has 1 fully saturated rings. The van der Waals surface area contributed by atoms with Crippen LogP contribution in [0.4, 0.5) is 0 Å². The molecule has 0 radical (unpaired) electrons. The fraction of sp³-hybridized carbons (Fsp3) is 1.00. The molecule has 1 aliphatic carbocycles. The zero-order valence-corrected chi connectivity index (χ0v) is 9.69. The van der Waals surface area contributed by atoms with Gasteiger partial charge in [-0.25, -0.2) is 0 Å². The van der Waals surface area contributed by atoms with Crippen LogP contribution in [0.25, 0.3) is 0 Å². The van der Waals surface area contributed by atoms with Crippen LogP contribution >= 0.6 is 0 Å². The number of hydrogen-bond donors (Lipinski definition) is 2. The molecule has 1 saturated carbocycles. The summed E-state index contributed by atoms with van der Waals surface area (Å²) in [6.07, 6.45) is 5.51.